The van der Waals surface area contributed by atoms with Gasteiger partial charge in [0.15, 0.2) is 0 Å². The first-order valence-corrected chi connectivity index (χ1v) is 9.27. The molecule has 2 aliphatic rings. The third kappa shape index (κ3) is 3.02. The molecule has 6 nitrogen and oxygen atoms in total. The van der Waals surface area contributed by atoms with E-state index in [4.69, 9.17) is 0 Å². The summed E-state index contributed by atoms with van der Waals surface area (Å²) in [6, 6.07) is 3.94. The molecule has 1 aromatic rings. The Bertz CT molecular complexity index is 676. The normalized spacial score (nSPS) is 22.7. The van der Waals surface area contributed by atoms with Crippen molar-refractivity contribution in [3.63, 3.8) is 0 Å². The van der Waals surface area contributed by atoms with Crippen LogP contribution in [0.3, 0.4) is 0 Å². The molecule has 1 aliphatic heterocycles. The summed E-state index contributed by atoms with van der Waals surface area (Å²) in [6.07, 6.45) is 3.03. The minimum absolute atomic E-state index is 0.246. The second kappa shape index (κ2) is 6.04. The van der Waals surface area contributed by atoms with E-state index in [2.05, 4.69) is 9.38 Å². The van der Waals surface area contributed by atoms with Crippen molar-refractivity contribution in [1.29, 1.82) is 0 Å². The van der Waals surface area contributed by atoms with Gasteiger partial charge in [0.05, 0.1) is 5.69 Å². The Kier molecular flexibility index (Phi) is 4.34. The van der Waals surface area contributed by atoms with Crippen molar-refractivity contribution >= 4 is 23.2 Å². The molecule has 1 fully saturated rings. The van der Waals surface area contributed by atoms with Gasteiger partial charge in [-0.2, -0.15) is 0 Å². The molecule has 0 saturated carbocycles. The smallest absolute Gasteiger partial charge is 0.407 e. The lowest BCUT2D eigenvalue weighted by molar-refractivity contribution is 0.115. The van der Waals surface area contributed by atoms with Crippen LogP contribution in [0.25, 0.3) is 0 Å². The van der Waals surface area contributed by atoms with Gasteiger partial charge in [0.1, 0.15) is 21.8 Å². The van der Waals surface area contributed by atoms with E-state index in [0.717, 1.165) is 23.4 Å². The lowest BCUT2D eigenvalue weighted by Gasteiger charge is -2.38. The topological polar surface area (TPSA) is 88.9 Å². The van der Waals surface area contributed by atoms with Crippen molar-refractivity contribution in [1.82, 2.24) is 9.88 Å². The molecule has 1 aromatic heterocycles. The van der Waals surface area contributed by atoms with Gasteiger partial charge in [0.2, 0.25) is 0 Å². The molecule has 0 aromatic carbocycles. The molecule has 0 bridgehead atoms. The summed E-state index contributed by atoms with van der Waals surface area (Å²) >= 11 is -1.36. The van der Waals surface area contributed by atoms with Crippen molar-refractivity contribution in [2.45, 2.75) is 44.8 Å². The Morgan fingerprint density at radius 1 is 1.42 bits per heavy atom. The number of carbonyl (C=O) groups is 1. The highest BCUT2D eigenvalue weighted by Crippen LogP contribution is 2.45. The van der Waals surface area contributed by atoms with Crippen molar-refractivity contribution in [3.8, 4) is 0 Å². The van der Waals surface area contributed by atoms with Crippen LogP contribution in [0.1, 0.15) is 44.9 Å². The summed E-state index contributed by atoms with van der Waals surface area (Å²) in [7, 11) is 0. The molecular weight excluding hydrogens is 326 g/mol. The molecule has 1 saturated heterocycles. The second-order valence-corrected chi connectivity index (χ2v) is 9.44. The number of carboxylic acid groups (broad SMARTS) is 1. The van der Waals surface area contributed by atoms with Crippen LogP contribution in [-0.2, 0) is 17.8 Å². The molecule has 1 unspecified atom stereocenters. The maximum atomic E-state index is 12.6. The molecule has 1 N–H and O–H groups in total. The number of aromatic nitrogens is 1. The summed E-state index contributed by atoms with van der Waals surface area (Å²) in [5.41, 5.74) is 2.50. The van der Waals surface area contributed by atoms with E-state index in [1.165, 1.54) is 4.90 Å². The van der Waals surface area contributed by atoms with Crippen LogP contribution in [0, 0.1) is 5.41 Å². The van der Waals surface area contributed by atoms with E-state index in [9.17, 15) is 14.5 Å². The summed E-state index contributed by atoms with van der Waals surface area (Å²) in [6.45, 7) is 6.67. The molecule has 24 heavy (non-hydrogen) atoms. The number of nitrogens with zero attached hydrogens (tertiary/aromatic N) is 3. The Morgan fingerprint density at radius 3 is 2.67 bits per heavy atom. The predicted molar refractivity (Wildman–Crippen MR) is 93.6 cm³/mol. The zero-order valence-corrected chi connectivity index (χ0v) is 15.1. The number of fused-ring (bicyclic) bond motifs is 1. The minimum atomic E-state index is -1.36. The maximum absolute atomic E-state index is 12.6. The molecule has 1 aliphatic carbocycles. The highest BCUT2D eigenvalue weighted by Gasteiger charge is 2.48. The van der Waals surface area contributed by atoms with Crippen LogP contribution in [0.15, 0.2) is 22.7 Å². The molecule has 2 heterocycles. The monoisotopic (exact) mass is 349 g/mol. The minimum Gasteiger partial charge on any atom is -0.591 e. The molecule has 3 rings (SSSR count). The molecule has 0 radical (unpaired) electrons. The first-order valence-electron chi connectivity index (χ1n) is 8.16. The van der Waals surface area contributed by atoms with E-state index in [-0.39, 0.29) is 5.41 Å². The molecule has 1 atom stereocenters. The van der Waals surface area contributed by atoms with Crippen LogP contribution < -0.4 is 0 Å². The zero-order valence-electron chi connectivity index (χ0n) is 14.3. The fourth-order valence-electron chi connectivity index (χ4n) is 3.39. The van der Waals surface area contributed by atoms with Gasteiger partial charge in [-0.15, -0.1) is 0 Å². The van der Waals surface area contributed by atoms with E-state index in [1.54, 1.807) is 6.20 Å². The fourth-order valence-corrected chi connectivity index (χ4v) is 4.11. The van der Waals surface area contributed by atoms with E-state index in [1.807, 2.05) is 32.9 Å². The SMILES string of the molecule is CC(C)(C)[S+]([O-])/N=C1\c2ncccc2CC12CCN(C(=O)O)CC2. The van der Waals surface area contributed by atoms with Gasteiger partial charge < -0.3 is 14.6 Å². The summed E-state index contributed by atoms with van der Waals surface area (Å²) in [4.78, 5) is 17.1. The lowest BCUT2D eigenvalue weighted by atomic mass is 9.75. The number of amides is 1. The average molecular weight is 349 g/mol. The molecule has 130 valence electrons. The third-order valence-corrected chi connectivity index (χ3v) is 6.23. The maximum Gasteiger partial charge on any atom is 0.407 e. The molecular formula is C17H23N3O3S. The van der Waals surface area contributed by atoms with Gasteiger partial charge >= 0.3 is 6.09 Å². The van der Waals surface area contributed by atoms with Crippen LogP contribution in [0.2, 0.25) is 0 Å². The fraction of sp³-hybridized carbons (Fsp3) is 0.588. The third-order valence-electron chi connectivity index (χ3n) is 4.84. The van der Waals surface area contributed by atoms with Gasteiger partial charge in [0.25, 0.3) is 0 Å². The van der Waals surface area contributed by atoms with E-state index >= 15 is 0 Å². The van der Waals surface area contributed by atoms with Gasteiger partial charge in [-0.25, -0.2) is 4.79 Å². The van der Waals surface area contributed by atoms with Crippen molar-refractivity contribution < 1.29 is 14.5 Å². The van der Waals surface area contributed by atoms with Crippen molar-refractivity contribution in [3.05, 3.63) is 29.6 Å². The first-order chi connectivity index (χ1) is 11.2. The lowest BCUT2D eigenvalue weighted by Crippen LogP contribution is -2.46. The van der Waals surface area contributed by atoms with Crippen LogP contribution in [-0.4, -0.2) is 49.2 Å². The van der Waals surface area contributed by atoms with Gasteiger partial charge in [0, 0.05) is 24.7 Å². The largest absolute Gasteiger partial charge is 0.591 e. The highest BCUT2D eigenvalue weighted by molar-refractivity contribution is 7.91. The van der Waals surface area contributed by atoms with Gasteiger partial charge in [-0.05, 0) is 51.7 Å². The molecule has 1 amide bonds. The number of hydrogen-bond acceptors (Lipinski definition) is 4. The summed E-state index contributed by atoms with van der Waals surface area (Å²) < 4.78 is 16.8. The van der Waals surface area contributed by atoms with Crippen molar-refractivity contribution in [2.24, 2.45) is 9.81 Å². The van der Waals surface area contributed by atoms with Crippen LogP contribution in [0.5, 0.6) is 0 Å². The summed E-state index contributed by atoms with van der Waals surface area (Å²) in [5, 5.41) is 9.20. The van der Waals surface area contributed by atoms with Gasteiger partial charge in [-0.1, -0.05) is 10.5 Å². The number of hydrogen-bond donors (Lipinski definition) is 1. The predicted octanol–water partition coefficient (Wildman–Crippen LogP) is 2.65. The number of piperidine rings is 1. The molecule has 1 spiro atoms. The second-order valence-electron chi connectivity index (χ2n) is 7.54. The van der Waals surface area contributed by atoms with Gasteiger partial charge in [-0.3, -0.25) is 4.98 Å². The van der Waals surface area contributed by atoms with E-state index in [0.29, 0.717) is 25.9 Å². The number of likely N-dealkylation sites (tertiary alicyclic amines) is 1. The Balaban J connectivity index is 1.98. The molecule has 7 heteroatoms. The Labute approximate surface area is 145 Å². The number of rotatable bonds is 1. The van der Waals surface area contributed by atoms with Crippen LogP contribution >= 0.6 is 0 Å². The standard InChI is InChI=1S/C17H23N3O3S/c1-16(2,3)24(23)19-14-13-12(5-4-8-18-13)11-17(14)6-9-20(10-7-17)15(21)22/h4-5,8H,6-7,9-11H2,1-3H3,(H,21,22)/b19-14+. The first kappa shape index (κ1) is 17.2. The zero-order chi connectivity index (χ0) is 17.5. The quantitative estimate of drug-likeness (QED) is 0.789. The van der Waals surface area contributed by atoms with Crippen LogP contribution in [0.4, 0.5) is 4.79 Å². The van der Waals surface area contributed by atoms with Crippen molar-refractivity contribution in [2.75, 3.05) is 13.1 Å². The van der Waals surface area contributed by atoms with E-state index < -0.39 is 22.2 Å². The average Bonchev–Trinajstić information content (AvgIpc) is 2.80. The summed E-state index contributed by atoms with van der Waals surface area (Å²) in [5.74, 6) is 0. The number of pyridine rings is 1. The Hall–Kier alpha value is -1.60. The Morgan fingerprint density at radius 2 is 2.08 bits per heavy atom. The highest BCUT2D eigenvalue weighted by atomic mass is 32.2.